The number of benzene rings is 1. The van der Waals surface area contributed by atoms with Crippen LogP contribution < -0.4 is 0 Å². The third-order valence-corrected chi connectivity index (χ3v) is 4.03. The fraction of sp³-hybridized carbons (Fsp3) is 0.412. The molecule has 1 aromatic carbocycles. The van der Waals surface area contributed by atoms with Crippen LogP contribution in [0.5, 0.6) is 0 Å². The molecule has 0 heterocycles. The maximum atomic E-state index is 12.1. The number of halogens is 2. The Labute approximate surface area is 113 Å². The Morgan fingerprint density at radius 2 is 1.74 bits per heavy atom. The molecule has 1 aromatic rings. The Hall–Kier alpha value is -1.44. The molecule has 102 valence electrons. The molecule has 2 rings (SSSR count). The zero-order chi connectivity index (χ0) is 13.7. The zero-order valence-corrected chi connectivity index (χ0v) is 11.1. The van der Waals surface area contributed by atoms with E-state index in [-0.39, 0.29) is 0 Å². The number of hydrogen-bond donors (Lipinski definition) is 0. The Morgan fingerprint density at radius 1 is 1.11 bits per heavy atom. The van der Waals surface area contributed by atoms with Gasteiger partial charge in [-0.3, -0.25) is 0 Å². The van der Waals surface area contributed by atoms with E-state index in [1.807, 2.05) is 18.2 Å². The number of allylic oxidation sites excluding steroid dienone is 1. The lowest BCUT2D eigenvalue weighted by atomic mass is 9.77. The van der Waals surface area contributed by atoms with Gasteiger partial charge in [-0.1, -0.05) is 30.3 Å². The van der Waals surface area contributed by atoms with Gasteiger partial charge in [0.1, 0.15) is 0 Å². The molecule has 0 aliphatic heterocycles. The quantitative estimate of drug-likeness (QED) is 0.604. The van der Waals surface area contributed by atoms with Gasteiger partial charge in [0.15, 0.2) is 0 Å². The summed E-state index contributed by atoms with van der Waals surface area (Å²) in [4.78, 5) is 0. The predicted octanol–water partition coefficient (Wildman–Crippen LogP) is 5.77. The second-order valence-corrected chi connectivity index (χ2v) is 5.34. The van der Waals surface area contributed by atoms with Gasteiger partial charge in [0.2, 0.25) is 0 Å². The van der Waals surface area contributed by atoms with E-state index in [2.05, 4.69) is 6.58 Å². The molecule has 0 spiro atoms. The van der Waals surface area contributed by atoms with Gasteiger partial charge in [0, 0.05) is 6.08 Å². The first-order chi connectivity index (χ1) is 9.19. The van der Waals surface area contributed by atoms with E-state index in [0.717, 1.165) is 18.4 Å². The van der Waals surface area contributed by atoms with Gasteiger partial charge in [0.05, 0.1) is 0 Å². The molecule has 1 aliphatic rings. The highest BCUT2D eigenvalue weighted by Crippen LogP contribution is 2.37. The van der Waals surface area contributed by atoms with Crippen LogP contribution in [0.4, 0.5) is 8.78 Å². The Kier molecular flexibility index (Phi) is 4.89. The molecule has 19 heavy (non-hydrogen) atoms. The van der Waals surface area contributed by atoms with Crippen molar-refractivity contribution in [3.05, 3.63) is 54.1 Å². The molecule has 0 N–H and O–H groups in total. The first kappa shape index (κ1) is 14.0. The summed E-state index contributed by atoms with van der Waals surface area (Å²) in [5.74, 6) is 1.38. The molecule has 0 nitrogen and oxygen atoms in total. The van der Waals surface area contributed by atoms with Crippen molar-refractivity contribution >= 4 is 6.08 Å². The molecule has 1 fully saturated rings. The normalized spacial score (nSPS) is 22.8. The maximum absolute atomic E-state index is 12.1. The molecule has 0 unspecified atom stereocenters. The predicted molar refractivity (Wildman–Crippen MR) is 76.1 cm³/mol. The van der Waals surface area contributed by atoms with Crippen LogP contribution in [0.2, 0.25) is 0 Å². The first-order valence-electron chi connectivity index (χ1n) is 6.92. The number of hydrogen-bond acceptors (Lipinski definition) is 0. The lowest BCUT2D eigenvalue weighted by Gasteiger charge is -2.28. The van der Waals surface area contributed by atoms with Crippen LogP contribution in [0.3, 0.4) is 0 Å². The molecule has 1 aliphatic carbocycles. The Morgan fingerprint density at radius 3 is 2.26 bits per heavy atom. The summed E-state index contributed by atoms with van der Waals surface area (Å²) in [6.45, 7) is 3.80. The fourth-order valence-corrected chi connectivity index (χ4v) is 2.96. The van der Waals surface area contributed by atoms with Crippen LogP contribution in [-0.4, -0.2) is 0 Å². The van der Waals surface area contributed by atoms with Crippen LogP contribution in [0.15, 0.2) is 43.0 Å². The van der Waals surface area contributed by atoms with Gasteiger partial charge in [-0.25, -0.2) is 0 Å². The SMILES string of the molecule is C=CC[C@H]1CC[C@H](c2ccc(C=C(F)F)cc2)CC1. The minimum absolute atomic E-state index is 0.573. The highest BCUT2D eigenvalue weighted by molar-refractivity contribution is 5.50. The summed E-state index contributed by atoms with van der Waals surface area (Å²) in [5.41, 5.74) is 1.86. The summed E-state index contributed by atoms with van der Waals surface area (Å²) in [5, 5.41) is 0. The molecule has 2 heteroatoms. The summed E-state index contributed by atoms with van der Waals surface area (Å²) < 4.78 is 24.3. The Bertz CT molecular complexity index is 433. The molecule has 0 bridgehead atoms. The van der Waals surface area contributed by atoms with Gasteiger partial charge >= 0.3 is 0 Å². The Balaban J connectivity index is 1.96. The zero-order valence-electron chi connectivity index (χ0n) is 11.1. The summed E-state index contributed by atoms with van der Waals surface area (Å²) in [6, 6.07) is 7.55. The molecule has 0 radical (unpaired) electrons. The van der Waals surface area contributed by atoms with Crippen molar-refractivity contribution in [1.82, 2.24) is 0 Å². The van der Waals surface area contributed by atoms with E-state index in [1.165, 1.54) is 31.2 Å². The van der Waals surface area contributed by atoms with Gasteiger partial charge in [-0.15, -0.1) is 6.58 Å². The van der Waals surface area contributed by atoms with Crippen molar-refractivity contribution < 1.29 is 8.78 Å². The average molecular weight is 262 g/mol. The van der Waals surface area contributed by atoms with Gasteiger partial charge in [0.25, 0.3) is 6.08 Å². The summed E-state index contributed by atoms with van der Waals surface area (Å²) >= 11 is 0. The van der Waals surface area contributed by atoms with E-state index < -0.39 is 6.08 Å². The van der Waals surface area contributed by atoms with Crippen LogP contribution in [0, 0.1) is 5.92 Å². The number of rotatable bonds is 4. The first-order valence-corrected chi connectivity index (χ1v) is 6.92. The third-order valence-electron chi connectivity index (χ3n) is 4.03. The van der Waals surface area contributed by atoms with E-state index in [4.69, 9.17) is 0 Å². The standard InChI is InChI=1S/C17H20F2/c1-2-3-13-4-8-15(9-5-13)16-10-6-14(7-11-16)12-17(18)19/h2,6-7,10-13,15H,1,3-5,8-9H2/t13-,15-. The summed E-state index contributed by atoms with van der Waals surface area (Å²) in [6.07, 6.45) is 7.29. The highest BCUT2D eigenvalue weighted by Gasteiger charge is 2.21. The average Bonchev–Trinajstić information content (AvgIpc) is 2.40. The molecule has 0 amide bonds. The maximum Gasteiger partial charge on any atom is 0.270 e. The molecule has 0 saturated heterocycles. The van der Waals surface area contributed by atoms with Crippen molar-refractivity contribution in [3.8, 4) is 0 Å². The van der Waals surface area contributed by atoms with E-state index in [1.54, 1.807) is 12.1 Å². The molecule has 0 aromatic heterocycles. The minimum Gasteiger partial charge on any atom is -0.173 e. The van der Waals surface area contributed by atoms with E-state index >= 15 is 0 Å². The van der Waals surface area contributed by atoms with E-state index in [9.17, 15) is 8.78 Å². The second kappa shape index (κ2) is 6.65. The monoisotopic (exact) mass is 262 g/mol. The lowest BCUT2D eigenvalue weighted by Crippen LogP contribution is -2.12. The minimum atomic E-state index is -1.64. The fourth-order valence-electron chi connectivity index (χ4n) is 2.96. The van der Waals surface area contributed by atoms with Gasteiger partial charge in [-0.2, -0.15) is 8.78 Å². The van der Waals surface area contributed by atoms with Crippen molar-refractivity contribution in [3.63, 3.8) is 0 Å². The van der Waals surface area contributed by atoms with Crippen molar-refractivity contribution in [1.29, 1.82) is 0 Å². The van der Waals surface area contributed by atoms with Gasteiger partial charge < -0.3 is 0 Å². The summed E-state index contributed by atoms with van der Waals surface area (Å²) in [7, 11) is 0. The highest BCUT2D eigenvalue weighted by atomic mass is 19.3. The largest absolute Gasteiger partial charge is 0.270 e. The van der Waals surface area contributed by atoms with Crippen LogP contribution in [-0.2, 0) is 0 Å². The molecular weight excluding hydrogens is 242 g/mol. The second-order valence-electron chi connectivity index (χ2n) is 5.34. The third kappa shape index (κ3) is 4.02. The van der Waals surface area contributed by atoms with Crippen LogP contribution in [0.25, 0.3) is 6.08 Å². The lowest BCUT2D eigenvalue weighted by molar-refractivity contribution is 0.328. The van der Waals surface area contributed by atoms with Crippen LogP contribution in [0.1, 0.15) is 49.1 Å². The van der Waals surface area contributed by atoms with Gasteiger partial charge in [-0.05, 0) is 55.1 Å². The van der Waals surface area contributed by atoms with Crippen LogP contribution >= 0.6 is 0 Å². The van der Waals surface area contributed by atoms with Crippen molar-refractivity contribution in [2.45, 2.75) is 38.0 Å². The molecule has 0 atom stereocenters. The smallest absolute Gasteiger partial charge is 0.173 e. The molecule has 1 saturated carbocycles. The van der Waals surface area contributed by atoms with Crippen molar-refractivity contribution in [2.24, 2.45) is 5.92 Å². The molecular formula is C17H20F2. The topological polar surface area (TPSA) is 0 Å². The van der Waals surface area contributed by atoms with Crippen molar-refractivity contribution in [2.75, 3.05) is 0 Å². The van der Waals surface area contributed by atoms with E-state index in [0.29, 0.717) is 11.5 Å².